The summed E-state index contributed by atoms with van der Waals surface area (Å²) in [6.07, 6.45) is -0.671. The van der Waals surface area contributed by atoms with E-state index in [1.807, 2.05) is 0 Å². The third kappa shape index (κ3) is 20.4. The van der Waals surface area contributed by atoms with E-state index in [0.29, 0.717) is 46.2 Å². The van der Waals surface area contributed by atoms with Crippen molar-refractivity contribution in [3.05, 3.63) is 0 Å². The minimum Gasteiger partial charge on any atom is -0.480 e. The maximum Gasteiger partial charge on any atom is 0.372 e. The first kappa shape index (κ1) is 26.9. The van der Waals surface area contributed by atoms with E-state index >= 15 is 0 Å². The first-order chi connectivity index (χ1) is 13.9. The highest BCUT2D eigenvalue weighted by Crippen LogP contribution is 1.95. The zero-order valence-electron chi connectivity index (χ0n) is 16.2. The molecule has 0 fully saturated rings. The minimum atomic E-state index is -1.57. The van der Waals surface area contributed by atoms with Gasteiger partial charge in [0, 0.05) is 6.42 Å². The lowest BCUT2D eigenvalue weighted by Crippen LogP contribution is -2.17. The van der Waals surface area contributed by atoms with Gasteiger partial charge in [0.15, 0.2) is 0 Å². The monoisotopic (exact) mass is 424 g/mol. The molecule has 12 nitrogen and oxygen atoms in total. The van der Waals surface area contributed by atoms with Crippen LogP contribution in [-0.4, -0.2) is 107 Å². The van der Waals surface area contributed by atoms with Gasteiger partial charge in [-0.05, 0) is 0 Å². The predicted molar refractivity (Wildman–Crippen MR) is 94.6 cm³/mol. The molecule has 0 aromatic rings. The second-order valence-electron chi connectivity index (χ2n) is 5.34. The maximum atomic E-state index is 11.2. The molecule has 0 aliphatic carbocycles. The SMILES string of the molecule is O=C(O)COCCOCCOCCOCCOCCOC(=O)CCC(=O)C(=O)O. The summed E-state index contributed by atoms with van der Waals surface area (Å²) in [4.78, 5) is 42.5. The van der Waals surface area contributed by atoms with E-state index < -0.39 is 30.1 Å². The van der Waals surface area contributed by atoms with E-state index in [9.17, 15) is 19.2 Å². The summed E-state index contributed by atoms with van der Waals surface area (Å²) < 4.78 is 30.4. The van der Waals surface area contributed by atoms with Gasteiger partial charge in [-0.1, -0.05) is 0 Å². The summed E-state index contributed by atoms with van der Waals surface area (Å²) >= 11 is 0. The highest BCUT2D eigenvalue weighted by Gasteiger charge is 2.14. The molecule has 0 aromatic heterocycles. The Balaban J connectivity index is 3.20. The van der Waals surface area contributed by atoms with Crippen LogP contribution in [0.1, 0.15) is 12.8 Å². The van der Waals surface area contributed by atoms with Crippen molar-refractivity contribution < 1.29 is 57.8 Å². The smallest absolute Gasteiger partial charge is 0.372 e. The lowest BCUT2D eigenvalue weighted by molar-refractivity contribution is -0.151. The number of rotatable bonds is 21. The standard InChI is InChI=1S/C17H28O12/c18-14(17(22)23)1-2-16(21)29-12-11-27-8-7-25-4-3-24-5-6-26-9-10-28-13-15(19)20/h1-13H2,(H,19,20)(H,22,23). The van der Waals surface area contributed by atoms with E-state index in [1.54, 1.807) is 0 Å². The molecule has 2 N–H and O–H groups in total. The first-order valence-corrected chi connectivity index (χ1v) is 8.95. The highest BCUT2D eigenvalue weighted by atomic mass is 16.6. The molecule has 0 aliphatic heterocycles. The molecular weight excluding hydrogens is 396 g/mol. The second kappa shape index (κ2) is 19.2. The van der Waals surface area contributed by atoms with Crippen molar-refractivity contribution in [1.82, 2.24) is 0 Å². The number of Topliss-reactive ketones (excluding diaryl/α,β-unsaturated/α-hetero) is 1. The van der Waals surface area contributed by atoms with Crippen LogP contribution in [0.3, 0.4) is 0 Å². The van der Waals surface area contributed by atoms with Gasteiger partial charge in [0.1, 0.15) is 13.2 Å². The van der Waals surface area contributed by atoms with E-state index in [1.165, 1.54) is 0 Å². The van der Waals surface area contributed by atoms with Gasteiger partial charge in [-0.2, -0.15) is 0 Å². The Morgan fingerprint density at radius 2 is 0.966 bits per heavy atom. The lowest BCUT2D eigenvalue weighted by atomic mass is 10.2. The lowest BCUT2D eigenvalue weighted by Gasteiger charge is -2.08. The topological polar surface area (TPSA) is 164 Å². The van der Waals surface area contributed by atoms with Gasteiger partial charge in [0.05, 0.1) is 65.9 Å². The van der Waals surface area contributed by atoms with Crippen LogP contribution in [0.5, 0.6) is 0 Å². The van der Waals surface area contributed by atoms with Crippen LogP contribution in [0, 0.1) is 0 Å². The number of hydrogen-bond donors (Lipinski definition) is 2. The Bertz CT molecular complexity index is 479. The average molecular weight is 424 g/mol. The number of carbonyl (C=O) groups is 4. The molecule has 0 aromatic carbocycles. The normalized spacial score (nSPS) is 10.6. The molecule has 0 saturated carbocycles. The number of ether oxygens (including phenoxy) is 6. The summed E-state index contributed by atoms with van der Waals surface area (Å²) in [5.74, 6) is -4.28. The van der Waals surface area contributed by atoms with Gasteiger partial charge in [-0.3, -0.25) is 9.59 Å². The van der Waals surface area contributed by atoms with E-state index in [-0.39, 0.29) is 32.8 Å². The van der Waals surface area contributed by atoms with Crippen molar-refractivity contribution in [3.8, 4) is 0 Å². The number of carbonyl (C=O) groups excluding carboxylic acids is 2. The summed E-state index contributed by atoms with van der Waals surface area (Å²) in [6, 6.07) is 0. The van der Waals surface area contributed by atoms with Gasteiger partial charge < -0.3 is 38.6 Å². The molecule has 0 atom stereocenters. The fourth-order valence-electron chi connectivity index (χ4n) is 1.65. The quantitative estimate of drug-likeness (QED) is 0.133. The zero-order valence-corrected chi connectivity index (χ0v) is 16.2. The van der Waals surface area contributed by atoms with Crippen LogP contribution in [-0.2, 0) is 47.6 Å². The van der Waals surface area contributed by atoms with Crippen LogP contribution in [0.2, 0.25) is 0 Å². The molecule has 12 heteroatoms. The fraction of sp³-hybridized carbons (Fsp3) is 0.765. The van der Waals surface area contributed by atoms with Gasteiger partial charge in [0.2, 0.25) is 5.78 Å². The number of hydrogen-bond acceptors (Lipinski definition) is 10. The predicted octanol–water partition coefficient (Wildman–Crippen LogP) is -0.869. The van der Waals surface area contributed by atoms with Crippen molar-refractivity contribution in [2.75, 3.05) is 72.7 Å². The maximum absolute atomic E-state index is 11.2. The molecule has 0 heterocycles. The average Bonchev–Trinajstić information content (AvgIpc) is 2.68. The van der Waals surface area contributed by atoms with Crippen LogP contribution in [0.15, 0.2) is 0 Å². The molecule has 0 bridgehead atoms. The summed E-state index contributed by atoms with van der Waals surface area (Å²) in [5.41, 5.74) is 0. The second-order valence-corrected chi connectivity index (χ2v) is 5.34. The number of aliphatic carboxylic acids is 2. The van der Waals surface area contributed by atoms with Crippen LogP contribution in [0.25, 0.3) is 0 Å². The Hall–Kier alpha value is -2.12. The third-order valence-electron chi connectivity index (χ3n) is 3.00. The Morgan fingerprint density at radius 3 is 1.38 bits per heavy atom. The van der Waals surface area contributed by atoms with Crippen molar-refractivity contribution in [2.45, 2.75) is 12.8 Å². The molecule has 168 valence electrons. The molecule has 0 spiro atoms. The Kier molecular flexibility index (Phi) is 17.8. The number of carboxylic acid groups (broad SMARTS) is 2. The first-order valence-electron chi connectivity index (χ1n) is 8.95. The van der Waals surface area contributed by atoms with Gasteiger partial charge in [-0.25, -0.2) is 9.59 Å². The molecule has 0 amide bonds. The molecule has 0 aliphatic rings. The van der Waals surface area contributed by atoms with Crippen LogP contribution < -0.4 is 0 Å². The molecule has 0 radical (unpaired) electrons. The summed E-state index contributed by atoms with van der Waals surface area (Å²) in [7, 11) is 0. The molecule has 29 heavy (non-hydrogen) atoms. The van der Waals surface area contributed by atoms with Crippen molar-refractivity contribution in [3.63, 3.8) is 0 Å². The van der Waals surface area contributed by atoms with Gasteiger partial charge in [0.25, 0.3) is 0 Å². The number of ketones is 1. The molecule has 0 saturated heterocycles. The fourth-order valence-corrected chi connectivity index (χ4v) is 1.65. The van der Waals surface area contributed by atoms with E-state index in [4.69, 9.17) is 38.6 Å². The summed E-state index contributed by atoms with van der Waals surface area (Å²) in [6.45, 7) is 2.45. The molecule has 0 unspecified atom stereocenters. The van der Waals surface area contributed by atoms with Gasteiger partial charge in [-0.15, -0.1) is 0 Å². The summed E-state index contributed by atoms with van der Waals surface area (Å²) in [5, 5.41) is 16.7. The van der Waals surface area contributed by atoms with Crippen LogP contribution in [0.4, 0.5) is 0 Å². The Morgan fingerprint density at radius 1 is 0.552 bits per heavy atom. The van der Waals surface area contributed by atoms with Crippen molar-refractivity contribution >= 4 is 23.7 Å². The van der Waals surface area contributed by atoms with Crippen molar-refractivity contribution in [1.29, 1.82) is 0 Å². The minimum absolute atomic E-state index is 0.00452. The highest BCUT2D eigenvalue weighted by molar-refractivity contribution is 6.32. The molecule has 0 rings (SSSR count). The van der Waals surface area contributed by atoms with Crippen LogP contribution >= 0.6 is 0 Å². The Labute approximate surface area is 167 Å². The number of carboxylic acids is 2. The van der Waals surface area contributed by atoms with Crippen molar-refractivity contribution in [2.24, 2.45) is 0 Å². The number of esters is 1. The zero-order chi connectivity index (χ0) is 21.7. The van der Waals surface area contributed by atoms with E-state index in [0.717, 1.165) is 0 Å². The van der Waals surface area contributed by atoms with E-state index in [2.05, 4.69) is 0 Å². The largest absolute Gasteiger partial charge is 0.480 e. The van der Waals surface area contributed by atoms with Gasteiger partial charge >= 0.3 is 17.9 Å². The molecular formula is C17H28O12. The third-order valence-corrected chi connectivity index (χ3v) is 3.00.